The van der Waals surface area contributed by atoms with Gasteiger partial charge in [0.2, 0.25) is 0 Å². The zero-order valence-corrected chi connectivity index (χ0v) is 30.9. The average molecular weight is 650 g/mol. The van der Waals surface area contributed by atoms with E-state index < -0.39 is 0 Å². The first kappa shape index (κ1) is 36.3. The fourth-order valence-corrected chi connectivity index (χ4v) is 7.25. The van der Waals surface area contributed by atoms with Gasteiger partial charge in [0.05, 0.1) is 5.70 Å². The van der Waals surface area contributed by atoms with Gasteiger partial charge in [0, 0.05) is 27.0 Å². The molecule has 0 aromatic heterocycles. The van der Waals surface area contributed by atoms with Crippen LogP contribution in [0.3, 0.4) is 0 Å². The predicted molar refractivity (Wildman–Crippen MR) is 215 cm³/mol. The van der Waals surface area contributed by atoms with Gasteiger partial charge in [0.1, 0.15) is 0 Å². The Morgan fingerprint density at radius 1 is 0.812 bits per heavy atom. The Bertz CT molecular complexity index is 1910. The van der Waals surface area contributed by atoms with E-state index in [2.05, 4.69) is 161 Å². The summed E-state index contributed by atoms with van der Waals surface area (Å²) in [5, 5.41) is 5.97. The van der Waals surface area contributed by atoms with Crippen LogP contribution in [0.1, 0.15) is 84.1 Å². The van der Waals surface area contributed by atoms with E-state index >= 15 is 0 Å². The highest BCUT2D eigenvalue weighted by atomic mass is 32.2. The Balaban J connectivity index is 0.00000125. The van der Waals surface area contributed by atoms with E-state index in [1.807, 2.05) is 27.7 Å². The molecule has 3 aromatic carbocycles. The van der Waals surface area contributed by atoms with Crippen LogP contribution in [0.4, 0.5) is 0 Å². The summed E-state index contributed by atoms with van der Waals surface area (Å²) < 4.78 is 0. The van der Waals surface area contributed by atoms with Gasteiger partial charge in [-0.1, -0.05) is 151 Å². The zero-order valence-electron chi connectivity index (χ0n) is 30.1. The molecule has 1 aliphatic carbocycles. The molecule has 246 valence electrons. The second-order valence-corrected chi connectivity index (χ2v) is 13.2. The first-order valence-electron chi connectivity index (χ1n) is 17.2. The third-order valence-electron chi connectivity index (χ3n) is 8.75. The molecule has 0 saturated carbocycles. The maximum atomic E-state index is 4.58. The number of nitrogens with one attached hydrogen (secondary N) is 1. The van der Waals surface area contributed by atoms with Gasteiger partial charge in [-0.15, -0.1) is 0 Å². The van der Waals surface area contributed by atoms with E-state index in [0.717, 1.165) is 56.8 Å². The van der Waals surface area contributed by atoms with Crippen molar-refractivity contribution < 1.29 is 0 Å². The Morgan fingerprint density at radius 3 is 2.21 bits per heavy atom. The predicted octanol–water partition coefficient (Wildman–Crippen LogP) is 13.5. The average Bonchev–Trinajstić information content (AvgIpc) is 3.33. The molecule has 0 fully saturated rings. The van der Waals surface area contributed by atoms with Gasteiger partial charge in [0.15, 0.2) is 0 Å². The van der Waals surface area contributed by atoms with Crippen molar-refractivity contribution in [1.82, 2.24) is 5.32 Å². The van der Waals surface area contributed by atoms with Gasteiger partial charge >= 0.3 is 0 Å². The number of allylic oxidation sites excluding steroid dienone is 10. The van der Waals surface area contributed by atoms with Crippen LogP contribution >= 0.6 is 11.8 Å². The molecule has 1 N–H and O–H groups in total. The minimum absolute atomic E-state index is 0.0346. The van der Waals surface area contributed by atoms with E-state index in [0.29, 0.717) is 0 Å². The minimum atomic E-state index is -0.0346. The lowest BCUT2D eigenvalue weighted by Crippen LogP contribution is -2.18. The number of rotatable bonds is 5. The molecule has 6 rings (SSSR count). The van der Waals surface area contributed by atoms with Crippen molar-refractivity contribution in [3.05, 3.63) is 184 Å². The molecule has 0 spiro atoms. The smallest absolute Gasteiger partial charge is 0.0531 e. The third kappa shape index (κ3) is 7.45. The van der Waals surface area contributed by atoms with Crippen molar-refractivity contribution in [3.63, 3.8) is 0 Å². The van der Waals surface area contributed by atoms with Gasteiger partial charge in [-0.05, 0) is 106 Å². The van der Waals surface area contributed by atoms with Crippen LogP contribution in [0.5, 0.6) is 0 Å². The van der Waals surface area contributed by atoms with E-state index in [-0.39, 0.29) is 5.41 Å². The van der Waals surface area contributed by atoms with Crippen LogP contribution in [-0.2, 0) is 5.41 Å². The largest absolute Gasteiger partial charge is 0.354 e. The SMILES string of the molecule is C=C(/C=C(/C)C/C=C\C)/C1=C/C(c2ccc3c(c2)-c2ccccc2C3(C)C)=C\C(=C)C2=C/C(=C)c3ccccc3S/C=C\2N1.CC.CC. The summed E-state index contributed by atoms with van der Waals surface area (Å²) in [5.74, 6) is 0. The van der Waals surface area contributed by atoms with Crippen molar-refractivity contribution in [3.8, 4) is 11.1 Å². The molecule has 2 aliphatic heterocycles. The van der Waals surface area contributed by atoms with Crippen LogP contribution in [0.15, 0.2) is 167 Å². The molecule has 0 amide bonds. The van der Waals surface area contributed by atoms with Crippen LogP contribution in [0, 0.1) is 0 Å². The standard InChI is InChI=1S/C42H39NS.2C2H6/c1-8-9-14-27(2)21-30(5)39-25-32(31-19-20-38-36(24-31)34-16-10-12-17-37(34)42(38,6)7)22-28(3)35-23-29(4)33-15-11-13-18-41(33)44-26-40(35)43-39;2*1-2/h8-13,15-26,43H,3-5,14H2,1-2,6-7H3;2*1-2H3/b9-8-,27-21-,32-22+,35-23-,39-25-,40-26+;;. The molecule has 0 unspecified atom stereocenters. The maximum absolute atomic E-state index is 4.58. The van der Waals surface area contributed by atoms with Gasteiger partial charge in [-0.2, -0.15) is 0 Å². The molecule has 2 heterocycles. The van der Waals surface area contributed by atoms with Crippen LogP contribution in [0.25, 0.3) is 22.3 Å². The molecule has 0 radical (unpaired) electrons. The van der Waals surface area contributed by atoms with Crippen molar-refractivity contribution in [1.29, 1.82) is 0 Å². The molecule has 3 aromatic rings. The van der Waals surface area contributed by atoms with E-state index in [4.69, 9.17) is 0 Å². The summed E-state index contributed by atoms with van der Waals surface area (Å²) in [5.41, 5.74) is 15.8. The molecule has 0 saturated heterocycles. The van der Waals surface area contributed by atoms with E-state index in [9.17, 15) is 0 Å². The molecule has 48 heavy (non-hydrogen) atoms. The quantitative estimate of drug-likeness (QED) is 0.218. The van der Waals surface area contributed by atoms with Gasteiger partial charge in [0.25, 0.3) is 0 Å². The van der Waals surface area contributed by atoms with Crippen molar-refractivity contribution in [2.24, 2.45) is 0 Å². The molecule has 1 nitrogen and oxygen atoms in total. The summed E-state index contributed by atoms with van der Waals surface area (Å²) in [6.45, 7) is 30.4. The first-order chi connectivity index (χ1) is 23.2. The Morgan fingerprint density at radius 2 is 1.48 bits per heavy atom. The summed E-state index contributed by atoms with van der Waals surface area (Å²) in [6.07, 6.45) is 13.9. The molecule has 3 aliphatic rings. The fourth-order valence-electron chi connectivity index (χ4n) is 6.33. The summed E-state index contributed by atoms with van der Waals surface area (Å²) in [6, 6.07) is 24.1. The second kappa shape index (κ2) is 16.0. The number of fused-ring (bicyclic) bond motifs is 5. The summed E-state index contributed by atoms with van der Waals surface area (Å²) in [4.78, 5) is 1.18. The maximum Gasteiger partial charge on any atom is 0.0531 e. The molecular formula is C46H51NS. The Kier molecular flexibility index (Phi) is 12.1. The number of hydrogen-bond acceptors (Lipinski definition) is 2. The fraction of sp³-hybridized carbons (Fsp3) is 0.217. The molecule has 0 atom stereocenters. The monoisotopic (exact) mass is 649 g/mol. The lowest BCUT2D eigenvalue weighted by molar-refractivity contribution is 0.660. The lowest BCUT2D eigenvalue weighted by atomic mass is 9.82. The van der Waals surface area contributed by atoms with Crippen molar-refractivity contribution in [2.45, 2.75) is 72.1 Å². The van der Waals surface area contributed by atoms with E-state index in [1.54, 1.807) is 11.8 Å². The lowest BCUT2D eigenvalue weighted by Gasteiger charge is -2.25. The third-order valence-corrected chi connectivity index (χ3v) is 9.71. The molecule has 0 bridgehead atoms. The Labute approximate surface area is 294 Å². The normalized spacial score (nSPS) is 20.5. The Hall–Kier alpha value is -4.53. The number of thioether (sulfide) groups is 1. The summed E-state index contributed by atoms with van der Waals surface area (Å²) in [7, 11) is 0. The molecular weight excluding hydrogens is 599 g/mol. The van der Waals surface area contributed by atoms with E-state index in [1.165, 1.54) is 32.7 Å². The minimum Gasteiger partial charge on any atom is -0.354 e. The number of hydrogen-bond donors (Lipinski definition) is 1. The van der Waals surface area contributed by atoms with Gasteiger partial charge < -0.3 is 5.32 Å². The first-order valence-corrected chi connectivity index (χ1v) is 18.0. The van der Waals surface area contributed by atoms with Crippen molar-refractivity contribution in [2.75, 3.05) is 0 Å². The number of benzene rings is 3. The van der Waals surface area contributed by atoms with Crippen LogP contribution in [0.2, 0.25) is 0 Å². The summed E-state index contributed by atoms with van der Waals surface area (Å²) >= 11 is 1.70. The molecule has 2 heteroatoms. The van der Waals surface area contributed by atoms with Crippen LogP contribution < -0.4 is 5.32 Å². The van der Waals surface area contributed by atoms with Crippen LogP contribution in [-0.4, -0.2) is 0 Å². The second-order valence-electron chi connectivity index (χ2n) is 12.3. The van der Waals surface area contributed by atoms with Crippen molar-refractivity contribution >= 4 is 22.9 Å². The highest BCUT2D eigenvalue weighted by Crippen LogP contribution is 2.49. The topological polar surface area (TPSA) is 12.0 Å². The zero-order chi connectivity index (χ0) is 35.0. The highest BCUT2D eigenvalue weighted by Gasteiger charge is 2.35. The van der Waals surface area contributed by atoms with Gasteiger partial charge in [-0.25, -0.2) is 0 Å². The van der Waals surface area contributed by atoms with Gasteiger partial charge in [-0.3, -0.25) is 0 Å². The highest BCUT2D eigenvalue weighted by molar-refractivity contribution is 8.02.